The standard InChI is InChI=1S/C15H14N6O/c1-22-10-6-4-9(5-7-10)13-18-15(16)19-14-11-3-2-8-17-12(11)20-21(13)14/h2-8,13H,1H3,(H3,16,18,19)/t13-/m1/s1. The lowest BCUT2D eigenvalue weighted by Gasteiger charge is -2.22. The Bertz CT molecular complexity index is 867. The summed E-state index contributed by atoms with van der Waals surface area (Å²) in [6.07, 6.45) is 1.39. The first-order valence-corrected chi connectivity index (χ1v) is 6.84. The summed E-state index contributed by atoms with van der Waals surface area (Å²) in [6, 6.07) is 11.5. The predicted octanol–water partition coefficient (Wildman–Crippen LogP) is 1.73. The molecule has 0 spiro atoms. The van der Waals surface area contributed by atoms with Gasteiger partial charge in [-0.2, -0.15) is 0 Å². The number of rotatable bonds is 2. The first-order valence-electron chi connectivity index (χ1n) is 6.84. The lowest BCUT2D eigenvalue weighted by molar-refractivity contribution is 0.414. The summed E-state index contributed by atoms with van der Waals surface area (Å²) in [6.45, 7) is 0. The van der Waals surface area contributed by atoms with Crippen molar-refractivity contribution in [2.24, 2.45) is 10.7 Å². The molecule has 0 fully saturated rings. The molecule has 0 saturated heterocycles. The lowest BCUT2D eigenvalue weighted by atomic mass is 10.1. The summed E-state index contributed by atoms with van der Waals surface area (Å²) in [7, 11) is 1.64. The molecule has 0 radical (unpaired) electrons. The maximum absolute atomic E-state index is 5.94. The van der Waals surface area contributed by atoms with Crippen molar-refractivity contribution < 1.29 is 4.74 Å². The van der Waals surface area contributed by atoms with Crippen LogP contribution in [0.3, 0.4) is 0 Å². The fourth-order valence-corrected chi connectivity index (χ4v) is 2.57. The van der Waals surface area contributed by atoms with Gasteiger partial charge in [0.05, 0.1) is 12.5 Å². The van der Waals surface area contributed by atoms with E-state index in [0.717, 1.165) is 22.5 Å². The van der Waals surface area contributed by atoms with Crippen LogP contribution in [0.5, 0.6) is 5.75 Å². The number of methoxy groups -OCH3 is 1. The zero-order chi connectivity index (χ0) is 15.1. The number of nitrogens with two attached hydrogens (primary N) is 1. The number of benzene rings is 1. The number of ether oxygens (including phenoxy) is 1. The van der Waals surface area contributed by atoms with E-state index in [0.29, 0.717) is 11.6 Å². The summed E-state index contributed by atoms with van der Waals surface area (Å²) in [4.78, 5) is 8.74. The van der Waals surface area contributed by atoms with Gasteiger partial charge in [-0.25, -0.2) is 14.7 Å². The van der Waals surface area contributed by atoms with E-state index in [4.69, 9.17) is 10.5 Å². The first kappa shape index (κ1) is 12.6. The van der Waals surface area contributed by atoms with Gasteiger partial charge in [0, 0.05) is 6.20 Å². The fourth-order valence-electron chi connectivity index (χ4n) is 2.57. The number of nitrogens with one attached hydrogen (secondary N) is 1. The second-order valence-corrected chi connectivity index (χ2v) is 4.95. The molecule has 0 unspecified atom stereocenters. The first-order chi connectivity index (χ1) is 10.8. The van der Waals surface area contributed by atoms with E-state index in [1.165, 1.54) is 0 Å². The summed E-state index contributed by atoms with van der Waals surface area (Å²) in [5.74, 6) is 1.96. The molecular weight excluding hydrogens is 280 g/mol. The molecule has 0 saturated carbocycles. The Kier molecular flexibility index (Phi) is 2.72. The van der Waals surface area contributed by atoms with Crippen molar-refractivity contribution in [3.63, 3.8) is 0 Å². The average molecular weight is 294 g/mol. The van der Waals surface area contributed by atoms with Crippen LogP contribution in [0.25, 0.3) is 11.0 Å². The van der Waals surface area contributed by atoms with E-state index in [1.807, 2.05) is 36.4 Å². The van der Waals surface area contributed by atoms with Gasteiger partial charge in [-0.3, -0.25) is 0 Å². The number of guanidine groups is 1. The molecule has 1 aliphatic heterocycles. The Hall–Kier alpha value is -3.09. The van der Waals surface area contributed by atoms with Crippen LogP contribution in [0.4, 0.5) is 5.82 Å². The monoisotopic (exact) mass is 294 g/mol. The van der Waals surface area contributed by atoms with Gasteiger partial charge in [-0.05, 0) is 29.8 Å². The topological polar surface area (TPSA) is 90.3 Å². The minimum atomic E-state index is -0.323. The molecule has 110 valence electrons. The van der Waals surface area contributed by atoms with Crippen molar-refractivity contribution in [3.05, 3.63) is 48.2 Å². The van der Waals surface area contributed by atoms with Gasteiger partial charge >= 0.3 is 0 Å². The molecule has 0 amide bonds. The van der Waals surface area contributed by atoms with Gasteiger partial charge < -0.3 is 15.8 Å². The average Bonchev–Trinajstić information content (AvgIpc) is 2.93. The smallest absolute Gasteiger partial charge is 0.196 e. The molecular formula is C15H14N6O. The Morgan fingerprint density at radius 2 is 2.05 bits per heavy atom. The highest BCUT2D eigenvalue weighted by atomic mass is 16.5. The third-order valence-electron chi connectivity index (χ3n) is 3.63. The lowest BCUT2D eigenvalue weighted by Crippen LogP contribution is -2.31. The van der Waals surface area contributed by atoms with Gasteiger partial charge in [-0.1, -0.05) is 12.1 Å². The highest BCUT2D eigenvalue weighted by Gasteiger charge is 2.25. The molecule has 1 aromatic carbocycles. The van der Waals surface area contributed by atoms with Crippen molar-refractivity contribution in [1.82, 2.24) is 14.8 Å². The van der Waals surface area contributed by atoms with Gasteiger partial charge in [0.2, 0.25) is 0 Å². The molecule has 7 nitrogen and oxygen atoms in total. The number of anilines is 1. The number of aromatic nitrogens is 3. The highest BCUT2D eigenvalue weighted by Crippen LogP contribution is 2.32. The minimum Gasteiger partial charge on any atom is -0.497 e. The highest BCUT2D eigenvalue weighted by molar-refractivity contribution is 6.00. The number of fused-ring (bicyclic) bond motifs is 3. The molecule has 0 bridgehead atoms. The summed E-state index contributed by atoms with van der Waals surface area (Å²) in [5.41, 5.74) is 7.57. The zero-order valence-electron chi connectivity index (χ0n) is 11.9. The quantitative estimate of drug-likeness (QED) is 0.751. The third kappa shape index (κ3) is 1.86. The second-order valence-electron chi connectivity index (χ2n) is 4.95. The normalized spacial score (nSPS) is 16.8. The summed E-state index contributed by atoms with van der Waals surface area (Å²) < 4.78 is 6.99. The molecule has 3 heterocycles. The van der Waals surface area contributed by atoms with Crippen LogP contribution in [-0.2, 0) is 0 Å². The van der Waals surface area contributed by atoms with Crippen LogP contribution in [0.2, 0.25) is 0 Å². The molecule has 2 aromatic heterocycles. The van der Waals surface area contributed by atoms with Crippen LogP contribution in [0, 0.1) is 0 Å². The fraction of sp³-hybridized carbons (Fsp3) is 0.133. The van der Waals surface area contributed by atoms with Crippen LogP contribution in [-0.4, -0.2) is 27.8 Å². The molecule has 22 heavy (non-hydrogen) atoms. The number of aliphatic imine (C=N–C) groups is 1. The zero-order valence-corrected chi connectivity index (χ0v) is 11.9. The maximum Gasteiger partial charge on any atom is 0.196 e. The van der Waals surface area contributed by atoms with E-state index in [9.17, 15) is 0 Å². The van der Waals surface area contributed by atoms with Crippen LogP contribution >= 0.6 is 0 Å². The molecule has 1 atom stereocenters. The molecule has 0 aliphatic carbocycles. The van der Waals surface area contributed by atoms with Gasteiger partial charge in [-0.15, -0.1) is 5.10 Å². The molecule has 3 N–H and O–H groups in total. The predicted molar refractivity (Wildman–Crippen MR) is 83.9 cm³/mol. The van der Waals surface area contributed by atoms with Crippen molar-refractivity contribution in [2.45, 2.75) is 6.17 Å². The van der Waals surface area contributed by atoms with Gasteiger partial charge in [0.1, 0.15) is 11.6 Å². The largest absolute Gasteiger partial charge is 0.497 e. The van der Waals surface area contributed by atoms with Crippen LogP contribution in [0.1, 0.15) is 11.7 Å². The van der Waals surface area contributed by atoms with Gasteiger partial charge in [0.15, 0.2) is 17.8 Å². The molecule has 1 aliphatic rings. The summed E-state index contributed by atoms with van der Waals surface area (Å²) >= 11 is 0. The Balaban J connectivity index is 1.87. The van der Waals surface area contributed by atoms with Crippen molar-refractivity contribution in [2.75, 3.05) is 12.4 Å². The maximum atomic E-state index is 5.94. The number of hydrogen-bond acceptors (Lipinski definition) is 6. The van der Waals surface area contributed by atoms with Crippen molar-refractivity contribution in [3.8, 4) is 5.75 Å². The Labute approximate surface area is 126 Å². The van der Waals surface area contributed by atoms with E-state index < -0.39 is 0 Å². The Morgan fingerprint density at radius 3 is 2.82 bits per heavy atom. The number of nitrogens with zero attached hydrogens (tertiary/aromatic N) is 4. The Morgan fingerprint density at radius 1 is 1.23 bits per heavy atom. The van der Waals surface area contributed by atoms with Crippen molar-refractivity contribution >= 4 is 22.8 Å². The summed E-state index contributed by atoms with van der Waals surface area (Å²) in [5, 5.41) is 8.52. The van der Waals surface area contributed by atoms with Crippen LogP contribution in [0.15, 0.2) is 47.6 Å². The van der Waals surface area contributed by atoms with Gasteiger partial charge in [0.25, 0.3) is 0 Å². The van der Waals surface area contributed by atoms with E-state index in [2.05, 4.69) is 20.4 Å². The number of hydrogen-bond donors (Lipinski definition) is 2. The van der Waals surface area contributed by atoms with E-state index >= 15 is 0 Å². The number of pyridine rings is 1. The molecule has 4 rings (SSSR count). The van der Waals surface area contributed by atoms with Crippen LogP contribution < -0.4 is 15.8 Å². The minimum absolute atomic E-state index is 0.323. The van der Waals surface area contributed by atoms with Crippen molar-refractivity contribution in [1.29, 1.82) is 0 Å². The van der Waals surface area contributed by atoms with E-state index in [1.54, 1.807) is 18.0 Å². The third-order valence-corrected chi connectivity index (χ3v) is 3.63. The molecule has 7 heteroatoms. The van der Waals surface area contributed by atoms with E-state index in [-0.39, 0.29) is 6.17 Å². The SMILES string of the molecule is COc1ccc([C@@H]2N=C(N)Nc3c4cccnc4nn32)cc1. The second kappa shape index (κ2) is 4.73. The molecule has 3 aromatic rings.